The first kappa shape index (κ1) is 15.0. The lowest BCUT2D eigenvalue weighted by molar-refractivity contribution is -0.127. The molecule has 3 rings (SSSR count). The summed E-state index contributed by atoms with van der Waals surface area (Å²) in [5, 5.41) is 4.27. The Labute approximate surface area is 132 Å². The van der Waals surface area contributed by atoms with Gasteiger partial charge in [0.2, 0.25) is 5.91 Å². The average Bonchev–Trinajstić information content (AvgIpc) is 2.58. The molecule has 1 aliphatic rings. The van der Waals surface area contributed by atoms with Crippen LogP contribution in [0.25, 0.3) is 10.9 Å². The van der Waals surface area contributed by atoms with Crippen LogP contribution in [0.1, 0.15) is 51.0 Å². The second-order valence-corrected chi connectivity index (χ2v) is 6.46. The van der Waals surface area contributed by atoms with Crippen molar-refractivity contribution >= 4 is 22.5 Å². The molecule has 0 unspecified atom stereocenters. The summed E-state index contributed by atoms with van der Waals surface area (Å²) in [5.41, 5.74) is 2.74. The first-order chi connectivity index (χ1) is 10.7. The minimum absolute atomic E-state index is 0.176. The number of carbonyl (C=O) groups excluding carboxylic acids is 1. The van der Waals surface area contributed by atoms with E-state index in [9.17, 15) is 4.79 Å². The molecular formula is C19H24N2O. The zero-order valence-corrected chi connectivity index (χ0v) is 13.5. The SMILES string of the molecule is CCC1(C(=O)Nc2cnc3ccccc3c2C)CCCCC1. The fourth-order valence-corrected chi connectivity index (χ4v) is 3.63. The van der Waals surface area contributed by atoms with Crippen molar-refractivity contribution in [1.29, 1.82) is 0 Å². The molecule has 0 atom stereocenters. The van der Waals surface area contributed by atoms with Crippen LogP contribution in [-0.2, 0) is 4.79 Å². The van der Waals surface area contributed by atoms with Crippen LogP contribution in [0.3, 0.4) is 0 Å². The fraction of sp³-hybridized carbons (Fsp3) is 0.474. The third kappa shape index (κ3) is 2.60. The summed E-state index contributed by atoms with van der Waals surface area (Å²) in [6, 6.07) is 8.06. The first-order valence-corrected chi connectivity index (χ1v) is 8.32. The Bertz CT molecular complexity index is 687. The number of aromatic nitrogens is 1. The molecule has 1 aromatic heterocycles. The molecule has 0 saturated heterocycles. The minimum atomic E-state index is -0.184. The highest BCUT2D eigenvalue weighted by Crippen LogP contribution is 2.40. The lowest BCUT2D eigenvalue weighted by atomic mass is 9.71. The Kier molecular flexibility index (Phi) is 4.14. The molecule has 116 valence electrons. The molecular weight excluding hydrogens is 272 g/mol. The topological polar surface area (TPSA) is 42.0 Å². The van der Waals surface area contributed by atoms with Gasteiger partial charge in [0.15, 0.2) is 0 Å². The largest absolute Gasteiger partial charge is 0.324 e. The molecule has 1 fully saturated rings. The van der Waals surface area contributed by atoms with Crippen LogP contribution in [0.4, 0.5) is 5.69 Å². The van der Waals surface area contributed by atoms with E-state index in [1.165, 1.54) is 6.42 Å². The number of pyridine rings is 1. The van der Waals surface area contributed by atoms with Gasteiger partial charge >= 0.3 is 0 Å². The number of rotatable bonds is 3. The summed E-state index contributed by atoms with van der Waals surface area (Å²) in [5.74, 6) is 0.176. The standard InChI is InChI=1S/C19H24N2O/c1-3-19(11-7-4-8-12-19)18(22)21-17-13-20-16-10-6-5-9-15(16)14(17)2/h5-6,9-10,13H,3-4,7-8,11-12H2,1-2H3,(H,21,22). The maximum Gasteiger partial charge on any atom is 0.230 e. The molecule has 1 saturated carbocycles. The summed E-state index contributed by atoms with van der Waals surface area (Å²) in [6.07, 6.45) is 8.31. The molecule has 3 heteroatoms. The van der Waals surface area contributed by atoms with Crippen molar-refractivity contribution in [1.82, 2.24) is 4.98 Å². The van der Waals surface area contributed by atoms with Gasteiger partial charge in [-0.3, -0.25) is 9.78 Å². The van der Waals surface area contributed by atoms with E-state index >= 15 is 0 Å². The normalized spacial score (nSPS) is 17.4. The summed E-state index contributed by atoms with van der Waals surface area (Å²) < 4.78 is 0. The van der Waals surface area contributed by atoms with Gasteiger partial charge in [0.25, 0.3) is 0 Å². The molecule has 1 N–H and O–H groups in total. The fourth-order valence-electron chi connectivity index (χ4n) is 3.63. The van der Waals surface area contributed by atoms with Gasteiger partial charge in [-0.25, -0.2) is 0 Å². The second-order valence-electron chi connectivity index (χ2n) is 6.46. The van der Waals surface area contributed by atoms with Gasteiger partial charge in [-0.15, -0.1) is 0 Å². The minimum Gasteiger partial charge on any atom is -0.324 e. The molecule has 2 aromatic rings. The smallest absolute Gasteiger partial charge is 0.230 e. The van der Waals surface area contributed by atoms with E-state index in [0.29, 0.717) is 0 Å². The molecule has 22 heavy (non-hydrogen) atoms. The molecule has 1 aliphatic carbocycles. The molecule has 3 nitrogen and oxygen atoms in total. The van der Waals surface area contributed by atoms with E-state index in [4.69, 9.17) is 0 Å². The maximum absolute atomic E-state index is 12.9. The maximum atomic E-state index is 12.9. The van der Waals surface area contributed by atoms with Crippen molar-refractivity contribution in [3.05, 3.63) is 36.0 Å². The number of carbonyl (C=O) groups is 1. The number of hydrogen-bond donors (Lipinski definition) is 1. The van der Waals surface area contributed by atoms with Crippen LogP contribution in [0.5, 0.6) is 0 Å². The lowest BCUT2D eigenvalue weighted by Crippen LogP contribution is -2.37. The predicted molar refractivity (Wildman–Crippen MR) is 90.9 cm³/mol. The molecule has 1 aromatic carbocycles. The number of amides is 1. The van der Waals surface area contributed by atoms with E-state index in [0.717, 1.165) is 54.3 Å². The number of nitrogens with one attached hydrogen (secondary N) is 1. The summed E-state index contributed by atoms with van der Waals surface area (Å²) in [4.78, 5) is 17.3. The van der Waals surface area contributed by atoms with Crippen LogP contribution in [-0.4, -0.2) is 10.9 Å². The van der Waals surface area contributed by atoms with Gasteiger partial charge in [-0.05, 0) is 37.8 Å². The summed E-state index contributed by atoms with van der Waals surface area (Å²) in [6.45, 7) is 4.19. The van der Waals surface area contributed by atoms with Crippen LogP contribution < -0.4 is 5.32 Å². The van der Waals surface area contributed by atoms with E-state index in [1.54, 1.807) is 6.20 Å². The Balaban J connectivity index is 1.89. The van der Waals surface area contributed by atoms with Crippen LogP contribution >= 0.6 is 0 Å². The van der Waals surface area contributed by atoms with Gasteiger partial charge in [-0.2, -0.15) is 0 Å². The average molecular weight is 296 g/mol. The first-order valence-electron chi connectivity index (χ1n) is 8.32. The van der Waals surface area contributed by atoms with Crippen LogP contribution in [0, 0.1) is 12.3 Å². The molecule has 1 amide bonds. The van der Waals surface area contributed by atoms with Crippen molar-refractivity contribution in [2.45, 2.75) is 52.4 Å². The van der Waals surface area contributed by atoms with Gasteiger partial charge in [0.1, 0.15) is 0 Å². The molecule has 1 heterocycles. The number of fused-ring (bicyclic) bond motifs is 1. The lowest BCUT2D eigenvalue weighted by Gasteiger charge is -2.35. The number of anilines is 1. The number of aryl methyl sites for hydroxylation is 1. The second kappa shape index (κ2) is 6.07. The molecule has 0 bridgehead atoms. The Morgan fingerprint density at radius 3 is 2.68 bits per heavy atom. The zero-order chi connectivity index (χ0) is 15.6. The third-order valence-corrected chi connectivity index (χ3v) is 5.26. The third-order valence-electron chi connectivity index (χ3n) is 5.26. The van der Waals surface area contributed by atoms with Crippen LogP contribution in [0.15, 0.2) is 30.5 Å². The summed E-state index contributed by atoms with van der Waals surface area (Å²) >= 11 is 0. The van der Waals surface area contributed by atoms with E-state index in [-0.39, 0.29) is 11.3 Å². The van der Waals surface area contributed by atoms with Gasteiger partial charge in [0.05, 0.1) is 17.4 Å². The number of hydrogen-bond acceptors (Lipinski definition) is 2. The van der Waals surface area contributed by atoms with Gasteiger partial charge < -0.3 is 5.32 Å². The van der Waals surface area contributed by atoms with Crippen molar-refractivity contribution in [3.8, 4) is 0 Å². The Hall–Kier alpha value is -1.90. The predicted octanol–water partition coefficient (Wildman–Crippen LogP) is 4.84. The monoisotopic (exact) mass is 296 g/mol. The number of nitrogens with zero attached hydrogens (tertiary/aromatic N) is 1. The van der Waals surface area contributed by atoms with Crippen LogP contribution in [0.2, 0.25) is 0 Å². The van der Waals surface area contributed by atoms with Crippen molar-refractivity contribution in [3.63, 3.8) is 0 Å². The Morgan fingerprint density at radius 2 is 1.95 bits per heavy atom. The zero-order valence-electron chi connectivity index (χ0n) is 13.5. The molecule has 0 aliphatic heterocycles. The molecule has 0 radical (unpaired) electrons. The number of benzene rings is 1. The molecule has 0 spiro atoms. The van der Waals surface area contributed by atoms with Crippen molar-refractivity contribution < 1.29 is 4.79 Å². The highest BCUT2D eigenvalue weighted by Gasteiger charge is 2.37. The van der Waals surface area contributed by atoms with E-state index < -0.39 is 0 Å². The quantitative estimate of drug-likeness (QED) is 0.880. The van der Waals surface area contributed by atoms with Crippen molar-refractivity contribution in [2.24, 2.45) is 5.41 Å². The van der Waals surface area contributed by atoms with Crippen molar-refractivity contribution in [2.75, 3.05) is 5.32 Å². The van der Waals surface area contributed by atoms with E-state index in [1.807, 2.05) is 18.2 Å². The highest BCUT2D eigenvalue weighted by molar-refractivity contribution is 5.98. The highest BCUT2D eigenvalue weighted by atomic mass is 16.2. The van der Waals surface area contributed by atoms with E-state index in [2.05, 4.69) is 30.2 Å². The number of para-hydroxylation sites is 1. The Morgan fingerprint density at radius 1 is 1.23 bits per heavy atom. The van der Waals surface area contributed by atoms with Gasteiger partial charge in [-0.1, -0.05) is 44.4 Å². The van der Waals surface area contributed by atoms with Gasteiger partial charge in [0, 0.05) is 10.8 Å². The summed E-state index contributed by atoms with van der Waals surface area (Å²) in [7, 11) is 0.